The Balaban J connectivity index is 2.54. The highest BCUT2D eigenvalue weighted by Crippen LogP contribution is 2.15. The minimum Gasteiger partial charge on any atom is -0.370 e. The van der Waals surface area contributed by atoms with E-state index >= 15 is 0 Å². The average Bonchev–Trinajstić information content (AvgIpc) is 3.00. The molecule has 5 nitrogen and oxygen atoms in total. The lowest BCUT2D eigenvalue weighted by atomic mass is 10.0. The highest BCUT2D eigenvalue weighted by atomic mass is 15.2. The van der Waals surface area contributed by atoms with Gasteiger partial charge in [0.1, 0.15) is 0 Å². The van der Waals surface area contributed by atoms with E-state index in [1.165, 1.54) is 19.4 Å². The number of rotatable bonds is 11. The second kappa shape index (κ2) is 11.3. The zero-order chi connectivity index (χ0) is 17.9. The van der Waals surface area contributed by atoms with E-state index in [2.05, 4.69) is 54.0 Å². The SMILES string of the molecule is C=CCN(CC=C)C(CN=C(N)NCC1CCCN1CC)C(C)C. The van der Waals surface area contributed by atoms with Crippen molar-refractivity contribution in [1.29, 1.82) is 0 Å². The molecule has 24 heavy (non-hydrogen) atoms. The van der Waals surface area contributed by atoms with Gasteiger partial charge in [-0.1, -0.05) is 32.9 Å². The number of hydrogen-bond donors (Lipinski definition) is 2. The lowest BCUT2D eigenvalue weighted by Gasteiger charge is -2.32. The zero-order valence-electron chi connectivity index (χ0n) is 15.9. The number of nitrogens with zero attached hydrogens (tertiary/aromatic N) is 3. The van der Waals surface area contributed by atoms with Crippen molar-refractivity contribution in [3.8, 4) is 0 Å². The van der Waals surface area contributed by atoms with Gasteiger partial charge in [-0.05, 0) is 31.8 Å². The molecule has 1 saturated heterocycles. The standard InChI is InChI=1S/C19H37N5/c1-6-11-24(12-7-2)18(16(4)5)15-22-19(20)21-14-17-10-9-13-23(17)8-3/h6-7,16-18H,1-2,8-15H2,3-5H3,(H3,20,21,22). The molecule has 0 saturated carbocycles. The number of likely N-dealkylation sites (tertiary alicyclic amines) is 1. The fourth-order valence-electron chi connectivity index (χ4n) is 3.44. The van der Waals surface area contributed by atoms with Gasteiger partial charge in [-0.2, -0.15) is 0 Å². The van der Waals surface area contributed by atoms with Gasteiger partial charge in [0, 0.05) is 31.7 Å². The summed E-state index contributed by atoms with van der Waals surface area (Å²) >= 11 is 0. The van der Waals surface area contributed by atoms with Crippen molar-refractivity contribution in [3.63, 3.8) is 0 Å². The molecule has 0 amide bonds. The second-order valence-corrected chi connectivity index (χ2v) is 6.87. The normalized spacial score (nSPS) is 20.5. The number of likely N-dealkylation sites (N-methyl/N-ethyl adjacent to an activating group) is 1. The third-order valence-corrected chi connectivity index (χ3v) is 4.84. The van der Waals surface area contributed by atoms with Gasteiger partial charge in [0.2, 0.25) is 0 Å². The number of nitrogens with one attached hydrogen (secondary N) is 1. The topological polar surface area (TPSA) is 56.9 Å². The molecule has 0 aromatic rings. The van der Waals surface area contributed by atoms with E-state index in [9.17, 15) is 0 Å². The molecule has 0 bridgehead atoms. The summed E-state index contributed by atoms with van der Waals surface area (Å²) in [4.78, 5) is 9.45. The fraction of sp³-hybridized carbons (Fsp3) is 0.737. The Hall–Kier alpha value is -1.33. The zero-order valence-corrected chi connectivity index (χ0v) is 15.9. The Kier molecular flexibility index (Phi) is 9.72. The summed E-state index contributed by atoms with van der Waals surface area (Å²) in [6, 6.07) is 0.919. The molecule has 1 rings (SSSR count). The van der Waals surface area contributed by atoms with Gasteiger partial charge in [0.05, 0.1) is 6.54 Å². The van der Waals surface area contributed by atoms with Gasteiger partial charge in [-0.3, -0.25) is 14.8 Å². The number of nitrogens with two attached hydrogens (primary N) is 1. The number of guanidine groups is 1. The first kappa shape index (κ1) is 20.7. The first-order chi connectivity index (χ1) is 11.5. The maximum Gasteiger partial charge on any atom is 0.188 e. The predicted molar refractivity (Wildman–Crippen MR) is 105 cm³/mol. The van der Waals surface area contributed by atoms with E-state index in [1.807, 2.05) is 12.2 Å². The molecule has 1 fully saturated rings. The first-order valence-corrected chi connectivity index (χ1v) is 9.27. The molecule has 0 aliphatic carbocycles. The monoisotopic (exact) mass is 335 g/mol. The van der Waals surface area contributed by atoms with Crippen LogP contribution >= 0.6 is 0 Å². The lowest BCUT2D eigenvalue weighted by molar-refractivity contribution is 0.195. The van der Waals surface area contributed by atoms with E-state index in [4.69, 9.17) is 5.73 Å². The molecule has 2 unspecified atom stereocenters. The van der Waals surface area contributed by atoms with Crippen LogP contribution in [0.15, 0.2) is 30.3 Å². The predicted octanol–water partition coefficient (Wildman–Crippen LogP) is 2.07. The summed E-state index contributed by atoms with van der Waals surface area (Å²) in [6.07, 6.45) is 6.40. The van der Waals surface area contributed by atoms with E-state index < -0.39 is 0 Å². The Morgan fingerprint density at radius 2 is 2.04 bits per heavy atom. The van der Waals surface area contributed by atoms with Gasteiger partial charge < -0.3 is 11.1 Å². The van der Waals surface area contributed by atoms with Crippen molar-refractivity contribution in [1.82, 2.24) is 15.1 Å². The van der Waals surface area contributed by atoms with Crippen molar-refractivity contribution in [3.05, 3.63) is 25.3 Å². The van der Waals surface area contributed by atoms with Crippen LogP contribution in [0.4, 0.5) is 0 Å². The lowest BCUT2D eigenvalue weighted by Crippen LogP contribution is -2.45. The highest BCUT2D eigenvalue weighted by molar-refractivity contribution is 5.77. The molecular formula is C19H37N5. The molecule has 0 radical (unpaired) electrons. The minimum atomic E-state index is 0.333. The summed E-state index contributed by atoms with van der Waals surface area (Å²) in [7, 11) is 0. The Morgan fingerprint density at radius 1 is 1.38 bits per heavy atom. The van der Waals surface area contributed by atoms with Crippen LogP contribution in [0.5, 0.6) is 0 Å². The van der Waals surface area contributed by atoms with Crippen molar-refractivity contribution >= 4 is 5.96 Å². The molecule has 2 atom stereocenters. The van der Waals surface area contributed by atoms with Gasteiger partial charge in [0.25, 0.3) is 0 Å². The van der Waals surface area contributed by atoms with E-state index in [0.717, 1.165) is 26.2 Å². The smallest absolute Gasteiger partial charge is 0.188 e. The van der Waals surface area contributed by atoms with Crippen LogP contribution in [0.25, 0.3) is 0 Å². The average molecular weight is 336 g/mol. The van der Waals surface area contributed by atoms with Crippen LogP contribution < -0.4 is 11.1 Å². The second-order valence-electron chi connectivity index (χ2n) is 6.87. The molecule has 0 aromatic heterocycles. The summed E-state index contributed by atoms with van der Waals surface area (Å²) in [6.45, 7) is 19.9. The molecule has 0 aromatic carbocycles. The van der Waals surface area contributed by atoms with Gasteiger partial charge >= 0.3 is 0 Å². The van der Waals surface area contributed by atoms with Crippen LogP contribution in [-0.2, 0) is 0 Å². The first-order valence-electron chi connectivity index (χ1n) is 9.27. The largest absolute Gasteiger partial charge is 0.370 e. The van der Waals surface area contributed by atoms with Crippen molar-refractivity contribution in [2.45, 2.75) is 45.7 Å². The Bertz CT molecular complexity index is 395. The van der Waals surface area contributed by atoms with Crippen LogP contribution in [0.2, 0.25) is 0 Å². The quantitative estimate of drug-likeness (QED) is 0.345. The molecule has 0 spiro atoms. The van der Waals surface area contributed by atoms with Crippen LogP contribution in [-0.4, -0.2) is 67.1 Å². The van der Waals surface area contributed by atoms with Crippen molar-refractivity contribution in [2.24, 2.45) is 16.6 Å². The molecule has 5 heteroatoms. The molecule has 1 heterocycles. The fourth-order valence-corrected chi connectivity index (χ4v) is 3.44. The molecule has 138 valence electrons. The number of hydrogen-bond acceptors (Lipinski definition) is 3. The maximum absolute atomic E-state index is 6.10. The van der Waals surface area contributed by atoms with Crippen molar-refractivity contribution < 1.29 is 0 Å². The van der Waals surface area contributed by atoms with E-state index in [0.29, 0.717) is 30.5 Å². The van der Waals surface area contributed by atoms with Crippen LogP contribution in [0.1, 0.15) is 33.6 Å². The van der Waals surface area contributed by atoms with Gasteiger partial charge in [-0.15, -0.1) is 13.2 Å². The van der Waals surface area contributed by atoms with Gasteiger partial charge in [-0.25, -0.2) is 0 Å². The Morgan fingerprint density at radius 3 is 2.58 bits per heavy atom. The van der Waals surface area contributed by atoms with Crippen molar-refractivity contribution in [2.75, 3.05) is 39.3 Å². The molecule has 1 aliphatic rings. The molecular weight excluding hydrogens is 298 g/mol. The highest BCUT2D eigenvalue weighted by Gasteiger charge is 2.23. The third kappa shape index (κ3) is 6.65. The maximum atomic E-state index is 6.10. The van der Waals surface area contributed by atoms with Crippen LogP contribution in [0.3, 0.4) is 0 Å². The summed E-state index contributed by atoms with van der Waals surface area (Å²) in [5.74, 6) is 1.05. The van der Waals surface area contributed by atoms with Gasteiger partial charge in [0.15, 0.2) is 5.96 Å². The number of aliphatic imine (C=N–C) groups is 1. The summed E-state index contributed by atoms with van der Waals surface area (Å²) in [5.41, 5.74) is 6.10. The van der Waals surface area contributed by atoms with E-state index in [1.54, 1.807) is 0 Å². The van der Waals surface area contributed by atoms with Crippen LogP contribution in [0, 0.1) is 5.92 Å². The Labute approximate surface area is 148 Å². The third-order valence-electron chi connectivity index (χ3n) is 4.84. The van der Waals surface area contributed by atoms with E-state index in [-0.39, 0.29) is 0 Å². The summed E-state index contributed by atoms with van der Waals surface area (Å²) in [5, 5.41) is 3.31. The summed E-state index contributed by atoms with van der Waals surface area (Å²) < 4.78 is 0. The molecule has 3 N–H and O–H groups in total. The minimum absolute atomic E-state index is 0.333. The molecule has 1 aliphatic heterocycles.